The highest BCUT2D eigenvalue weighted by Crippen LogP contribution is 2.40. The SMILES string of the molecule is O=C1C(I)CC[C@@H]2CCCC(c3cccc(F)c3)N12. The van der Waals surface area contributed by atoms with Gasteiger partial charge in [-0.05, 0) is 49.8 Å². The molecule has 0 aromatic heterocycles. The van der Waals surface area contributed by atoms with Crippen LogP contribution in [0.4, 0.5) is 4.39 Å². The topological polar surface area (TPSA) is 20.3 Å². The molecule has 1 aromatic carbocycles. The van der Waals surface area contributed by atoms with Gasteiger partial charge in [0.05, 0.1) is 9.97 Å². The number of piperidine rings is 2. The van der Waals surface area contributed by atoms with Gasteiger partial charge in [-0.15, -0.1) is 0 Å². The molecule has 0 spiro atoms. The molecule has 1 aromatic rings. The van der Waals surface area contributed by atoms with Crippen molar-refractivity contribution in [3.05, 3.63) is 35.6 Å². The molecule has 2 saturated heterocycles. The van der Waals surface area contributed by atoms with Gasteiger partial charge in [-0.1, -0.05) is 34.7 Å². The average molecular weight is 373 g/mol. The smallest absolute Gasteiger partial charge is 0.236 e. The average Bonchev–Trinajstić information content (AvgIpc) is 2.42. The van der Waals surface area contributed by atoms with E-state index in [9.17, 15) is 9.18 Å². The lowest BCUT2D eigenvalue weighted by Gasteiger charge is -2.46. The Morgan fingerprint density at radius 3 is 2.84 bits per heavy atom. The number of hydrogen-bond acceptors (Lipinski definition) is 1. The highest BCUT2D eigenvalue weighted by molar-refractivity contribution is 14.1. The summed E-state index contributed by atoms with van der Waals surface area (Å²) >= 11 is 2.24. The van der Waals surface area contributed by atoms with Gasteiger partial charge in [-0.3, -0.25) is 4.79 Å². The summed E-state index contributed by atoms with van der Waals surface area (Å²) in [7, 11) is 0. The summed E-state index contributed by atoms with van der Waals surface area (Å²) in [5.74, 6) is 0.0286. The van der Waals surface area contributed by atoms with Crippen LogP contribution < -0.4 is 0 Å². The second-order valence-electron chi connectivity index (χ2n) is 5.45. The normalized spacial score (nSPS) is 31.2. The maximum Gasteiger partial charge on any atom is 0.236 e. The van der Waals surface area contributed by atoms with Gasteiger partial charge in [-0.2, -0.15) is 0 Å². The molecule has 0 radical (unpaired) electrons. The van der Waals surface area contributed by atoms with Gasteiger partial charge in [0, 0.05) is 6.04 Å². The van der Waals surface area contributed by atoms with E-state index in [4.69, 9.17) is 0 Å². The third-order valence-corrected chi connectivity index (χ3v) is 5.41. The van der Waals surface area contributed by atoms with Crippen LogP contribution >= 0.6 is 22.6 Å². The van der Waals surface area contributed by atoms with Crippen LogP contribution in [0.15, 0.2) is 24.3 Å². The van der Waals surface area contributed by atoms with E-state index in [1.54, 1.807) is 12.1 Å². The van der Waals surface area contributed by atoms with E-state index in [1.165, 1.54) is 6.07 Å². The van der Waals surface area contributed by atoms with Crippen molar-refractivity contribution in [2.45, 2.75) is 48.1 Å². The Morgan fingerprint density at radius 1 is 1.21 bits per heavy atom. The molecule has 4 heteroatoms. The van der Waals surface area contributed by atoms with Crippen molar-refractivity contribution < 1.29 is 9.18 Å². The van der Waals surface area contributed by atoms with Crippen LogP contribution in [0.25, 0.3) is 0 Å². The molecule has 2 aliphatic rings. The highest BCUT2D eigenvalue weighted by atomic mass is 127. The lowest BCUT2D eigenvalue weighted by atomic mass is 9.85. The first kappa shape index (κ1) is 13.3. The third-order valence-electron chi connectivity index (χ3n) is 4.25. The number of rotatable bonds is 1. The molecule has 2 unspecified atom stereocenters. The van der Waals surface area contributed by atoms with Crippen molar-refractivity contribution in [2.75, 3.05) is 0 Å². The molecule has 2 fully saturated rings. The van der Waals surface area contributed by atoms with Gasteiger partial charge in [0.2, 0.25) is 5.91 Å². The fraction of sp³-hybridized carbons (Fsp3) is 0.533. The van der Waals surface area contributed by atoms with E-state index in [0.29, 0.717) is 6.04 Å². The molecule has 2 heterocycles. The first-order chi connectivity index (χ1) is 9.16. The second kappa shape index (κ2) is 5.38. The van der Waals surface area contributed by atoms with Gasteiger partial charge in [0.25, 0.3) is 0 Å². The zero-order valence-corrected chi connectivity index (χ0v) is 12.8. The minimum atomic E-state index is -0.213. The minimum Gasteiger partial charge on any atom is -0.332 e. The van der Waals surface area contributed by atoms with Crippen molar-refractivity contribution >= 4 is 28.5 Å². The van der Waals surface area contributed by atoms with Crippen molar-refractivity contribution in [3.8, 4) is 0 Å². The lowest BCUT2D eigenvalue weighted by Crippen LogP contribution is -2.52. The van der Waals surface area contributed by atoms with E-state index < -0.39 is 0 Å². The summed E-state index contributed by atoms with van der Waals surface area (Å²) in [4.78, 5) is 14.5. The Hall–Kier alpha value is -0.650. The number of nitrogens with zero attached hydrogens (tertiary/aromatic N) is 1. The van der Waals surface area contributed by atoms with Crippen LogP contribution in [-0.2, 0) is 4.79 Å². The Balaban J connectivity index is 1.93. The van der Waals surface area contributed by atoms with Crippen molar-refractivity contribution in [1.82, 2.24) is 4.90 Å². The Labute approximate surface area is 126 Å². The highest BCUT2D eigenvalue weighted by Gasteiger charge is 2.40. The molecule has 0 saturated carbocycles. The van der Waals surface area contributed by atoms with Gasteiger partial charge >= 0.3 is 0 Å². The summed E-state index contributed by atoms with van der Waals surface area (Å²) in [6, 6.07) is 7.16. The van der Waals surface area contributed by atoms with E-state index in [2.05, 4.69) is 22.6 Å². The van der Waals surface area contributed by atoms with E-state index in [0.717, 1.165) is 37.7 Å². The van der Waals surface area contributed by atoms with Crippen LogP contribution in [0.2, 0.25) is 0 Å². The minimum absolute atomic E-state index is 0.0690. The predicted octanol–water partition coefficient (Wildman–Crippen LogP) is 3.85. The fourth-order valence-electron chi connectivity index (χ4n) is 3.36. The van der Waals surface area contributed by atoms with Crippen LogP contribution in [0.5, 0.6) is 0 Å². The van der Waals surface area contributed by atoms with Gasteiger partial charge < -0.3 is 4.90 Å². The summed E-state index contributed by atoms with van der Waals surface area (Å²) in [5.41, 5.74) is 0.948. The van der Waals surface area contributed by atoms with E-state index >= 15 is 0 Å². The number of hydrogen-bond donors (Lipinski definition) is 0. The molecule has 2 aliphatic heterocycles. The van der Waals surface area contributed by atoms with Crippen LogP contribution in [0.3, 0.4) is 0 Å². The molecule has 3 atom stereocenters. The number of halogens is 2. The lowest BCUT2D eigenvalue weighted by molar-refractivity contribution is -0.140. The van der Waals surface area contributed by atoms with Crippen molar-refractivity contribution in [2.24, 2.45) is 0 Å². The molecule has 19 heavy (non-hydrogen) atoms. The molecule has 1 amide bonds. The van der Waals surface area contributed by atoms with Crippen molar-refractivity contribution in [3.63, 3.8) is 0 Å². The summed E-state index contributed by atoms with van der Waals surface area (Å²) in [6.45, 7) is 0. The number of carbonyl (C=O) groups excluding carboxylic acids is 1. The first-order valence-electron chi connectivity index (χ1n) is 6.88. The molecular formula is C15H17FINO. The largest absolute Gasteiger partial charge is 0.332 e. The zero-order chi connectivity index (χ0) is 13.4. The number of amides is 1. The summed E-state index contributed by atoms with van der Waals surface area (Å²) in [6.07, 6.45) is 5.25. The molecular weight excluding hydrogens is 356 g/mol. The summed E-state index contributed by atoms with van der Waals surface area (Å²) in [5, 5.41) is 0. The molecule has 0 N–H and O–H groups in total. The van der Waals surface area contributed by atoms with Crippen LogP contribution in [0, 0.1) is 5.82 Å². The molecule has 0 aliphatic carbocycles. The quantitative estimate of drug-likeness (QED) is 0.541. The maximum atomic E-state index is 13.4. The van der Waals surface area contributed by atoms with E-state index in [-0.39, 0.29) is 21.7 Å². The number of fused-ring (bicyclic) bond motifs is 1. The molecule has 2 nitrogen and oxygen atoms in total. The van der Waals surface area contributed by atoms with Crippen LogP contribution in [-0.4, -0.2) is 20.8 Å². The number of carbonyl (C=O) groups is 1. The Kier molecular flexibility index (Phi) is 3.78. The monoisotopic (exact) mass is 373 g/mol. The Bertz CT molecular complexity index is 493. The third kappa shape index (κ3) is 2.51. The predicted molar refractivity (Wildman–Crippen MR) is 80.7 cm³/mol. The first-order valence-corrected chi connectivity index (χ1v) is 8.13. The molecule has 3 rings (SSSR count). The fourth-order valence-corrected chi connectivity index (χ4v) is 4.04. The summed E-state index contributed by atoms with van der Waals surface area (Å²) < 4.78 is 13.5. The van der Waals surface area contributed by atoms with Gasteiger partial charge in [-0.25, -0.2) is 4.39 Å². The second-order valence-corrected chi connectivity index (χ2v) is 6.95. The van der Waals surface area contributed by atoms with Crippen LogP contribution in [0.1, 0.15) is 43.7 Å². The van der Waals surface area contributed by atoms with Gasteiger partial charge in [0.1, 0.15) is 5.82 Å². The zero-order valence-electron chi connectivity index (χ0n) is 10.7. The Morgan fingerprint density at radius 2 is 2.05 bits per heavy atom. The van der Waals surface area contributed by atoms with E-state index in [1.807, 2.05) is 11.0 Å². The van der Waals surface area contributed by atoms with Gasteiger partial charge in [0.15, 0.2) is 0 Å². The standard InChI is InChI=1S/C15H17FINO/c16-11-4-1-3-10(9-11)14-6-2-5-12-7-8-13(17)15(19)18(12)14/h1,3-4,9,12-14H,2,5-8H2/t12-,13?,14?/m0/s1. The maximum absolute atomic E-state index is 13.4. The number of benzene rings is 1. The molecule has 102 valence electrons. The molecule has 0 bridgehead atoms. The van der Waals surface area contributed by atoms with Crippen molar-refractivity contribution in [1.29, 1.82) is 0 Å². The number of alkyl halides is 1.